The maximum atomic E-state index is 10.8. The standard InChI is InChI=1S/C9H12N2O2/c10-8(11)9(12)13-6-7-4-2-1-3-5-7/h1-5,8H,6,10-11H2. The Bertz CT molecular complexity index is 272. The summed E-state index contributed by atoms with van der Waals surface area (Å²) >= 11 is 0. The van der Waals surface area contributed by atoms with Crippen LogP contribution in [0.25, 0.3) is 0 Å². The zero-order chi connectivity index (χ0) is 9.68. The van der Waals surface area contributed by atoms with E-state index in [1.54, 1.807) is 0 Å². The normalized spacial score (nSPS) is 10.1. The molecule has 0 spiro atoms. The fraction of sp³-hybridized carbons (Fsp3) is 0.222. The highest BCUT2D eigenvalue weighted by Gasteiger charge is 2.08. The summed E-state index contributed by atoms with van der Waals surface area (Å²) in [5.74, 6) is -0.594. The first-order valence-corrected chi connectivity index (χ1v) is 3.92. The Balaban J connectivity index is 2.40. The average molecular weight is 180 g/mol. The topological polar surface area (TPSA) is 78.3 Å². The second-order valence-corrected chi connectivity index (χ2v) is 2.62. The van der Waals surface area contributed by atoms with Gasteiger partial charge in [-0.3, -0.25) is 0 Å². The summed E-state index contributed by atoms with van der Waals surface area (Å²) in [4.78, 5) is 10.8. The van der Waals surface area contributed by atoms with E-state index in [4.69, 9.17) is 16.2 Å². The van der Waals surface area contributed by atoms with Gasteiger partial charge in [0.1, 0.15) is 6.61 Å². The molecule has 0 atom stereocenters. The van der Waals surface area contributed by atoms with Crippen LogP contribution in [0.2, 0.25) is 0 Å². The number of ether oxygens (including phenoxy) is 1. The highest BCUT2D eigenvalue weighted by Crippen LogP contribution is 2.00. The minimum atomic E-state index is -1.05. The second kappa shape index (κ2) is 4.59. The molecule has 0 bridgehead atoms. The van der Waals surface area contributed by atoms with Crippen molar-refractivity contribution in [1.29, 1.82) is 0 Å². The van der Waals surface area contributed by atoms with Crippen LogP contribution < -0.4 is 11.5 Å². The number of carbonyl (C=O) groups excluding carboxylic acids is 1. The third kappa shape index (κ3) is 3.23. The fourth-order valence-electron chi connectivity index (χ4n) is 0.825. The van der Waals surface area contributed by atoms with Crippen molar-refractivity contribution < 1.29 is 9.53 Å². The molecule has 0 unspecified atom stereocenters. The van der Waals surface area contributed by atoms with E-state index < -0.39 is 12.1 Å². The number of benzene rings is 1. The van der Waals surface area contributed by atoms with Gasteiger partial charge in [-0.25, -0.2) is 4.79 Å². The number of esters is 1. The van der Waals surface area contributed by atoms with Crippen molar-refractivity contribution >= 4 is 5.97 Å². The molecule has 0 radical (unpaired) electrons. The summed E-state index contributed by atoms with van der Waals surface area (Å²) in [6.07, 6.45) is -1.05. The number of carbonyl (C=O) groups is 1. The molecule has 1 rings (SSSR count). The van der Waals surface area contributed by atoms with E-state index in [0.717, 1.165) is 5.56 Å². The van der Waals surface area contributed by atoms with Crippen molar-refractivity contribution in [3.63, 3.8) is 0 Å². The number of hydrogen-bond donors (Lipinski definition) is 2. The molecule has 4 heteroatoms. The van der Waals surface area contributed by atoms with E-state index in [1.807, 2.05) is 30.3 Å². The largest absolute Gasteiger partial charge is 0.459 e. The van der Waals surface area contributed by atoms with Gasteiger partial charge < -0.3 is 16.2 Å². The molecule has 70 valence electrons. The molecule has 4 nitrogen and oxygen atoms in total. The summed E-state index contributed by atoms with van der Waals surface area (Å²) in [7, 11) is 0. The van der Waals surface area contributed by atoms with Crippen molar-refractivity contribution in [3.8, 4) is 0 Å². The van der Waals surface area contributed by atoms with Crippen LogP contribution in [0, 0.1) is 0 Å². The molecular weight excluding hydrogens is 168 g/mol. The molecule has 0 aromatic heterocycles. The summed E-state index contributed by atoms with van der Waals surface area (Å²) in [5.41, 5.74) is 11.1. The van der Waals surface area contributed by atoms with E-state index in [2.05, 4.69) is 0 Å². The lowest BCUT2D eigenvalue weighted by atomic mass is 10.2. The first-order valence-electron chi connectivity index (χ1n) is 3.92. The molecule has 1 aromatic carbocycles. The van der Waals surface area contributed by atoms with Crippen molar-refractivity contribution in [3.05, 3.63) is 35.9 Å². The minimum Gasteiger partial charge on any atom is -0.459 e. The maximum Gasteiger partial charge on any atom is 0.337 e. The van der Waals surface area contributed by atoms with E-state index in [1.165, 1.54) is 0 Å². The van der Waals surface area contributed by atoms with Gasteiger partial charge in [-0.05, 0) is 5.56 Å². The molecule has 0 fully saturated rings. The monoisotopic (exact) mass is 180 g/mol. The number of nitrogens with two attached hydrogens (primary N) is 2. The average Bonchev–Trinajstić information content (AvgIpc) is 2.15. The molecule has 0 amide bonds. The van der Waals surface area contributed by atoms with Gasteiger partial charge in [0.25, 0.3) is 0 Å². The smallest absolute Gasteiger partial charge is 0.337 e. The van der Waals surface area contributed by atoms with Crippen LogP contribution in [0.15, 0.2) is 30.3 Å². The highest BCUT2D eigenvalue weighted by molar-refractivity contribution is 5.74. The maximum absolute atomic E-state index is 10.8. The molecular formula is C9H12N2O2. The quantitative estimate of drug-likeness (QED) is 0.506. The molecule has 0 saturated carbocycles. The van der Waals surface area contributed by atoms with E-state index in [-0.39, 0.29) is 6.61 Å². The summed E-state index contributed by atoms with van der Waals surface area (Å²) in [6, 6.07) is 9.34. The Morgan fingerprint density at radius 3 is 2.46 bits per heavy atom. The van der Waals surface area contributed by atoms with Crippen molar-refractivity contribution in [2.24, 2.45) is 11.5 Å². The predicted octanol–water partition coefficient (Wildman–Crippen LogP) is -0.0267. The first kappa shape index (κ1) is 9.70. The Morgan fingerprint density at radius 2 is 1.92 bits per heavy atom. The van der Waals surface area contributed by atoms with Crippen LogP contribution in [0.1, 0.15) is 5.56 Å². The fourth-order valence-corrected chi connectivity index (χ4v) is 0.825. The van der Waals surface area contributed by atoms with Gasteiger partial charge in [-0.2, -0.15) is 0 Å². The third-order valence-electron chi connectivity index (χ3n) is 1.50. The van der Waals surface area contributed by atoms with Crippen LogP contribution in [-0.2, 0) is 16.1 Å². The Labute approximate surface area is 76.5 Å². The predicted molar refractivity (Wildman–Crippen MR) is 48.4 cm³/mol. The lowest BCUT2D eigenvalue weighted by Gasteiger charge is -2.06. The van der Waals surface area contributed by atoms with Crippen molar-refractivity contribution in [2.75, 3.05) is 0 Å². The van der Waals surface area contributed by atoms with Crippen LogP contribution in [-0.4, -0.2) is 12.1 Å². The van der Waals surface area contributed by atoms with Gasteiger partial charge in [-0.15, -0.1) is 0 Å². The Hall–Kier alpha value is -1.39. The Kier molecular flexibility index (Phi) is 3.42. The summed E-state index contributed by atoms with van der Waals surface area (Å²) in [5, 5.41) is 0. The molecule has 0 saturated heterocycles. The molecule has 0 aliphatic carbocycles. The van der Waals surface area contributed by atoms with Gasteiger partial charge in [-0.1, -0.05) is 30.3 Å². The number of hydrogen-bond acceptors (Lipinski definition) is 4. The van der Waals surface area contributed by atoms with Gasteiger partial charge in [0.2, 0.25) is 0 Å². The van der Waals surface area contributed by atoms with Crippen molar-refractivity contribution in [2.45, 2.75) is 12.8 Å². The summed E-state index contributed by atoms with van der Waals surface area (Å²) < 4.78 is 4.80. The van der Waals surface area contributed by atoms with Crippen LogP contribution in [0.5, 0.6) is 0 Å². The number of rotatable bonds is 3. The highest BCUT2D eigenvalue weighted by atomic mass is 16.5. The Morgan fingerprint density at radius 1 is 1.31 bits per heavy atom. The van der Waals surface area contributed by atoms with Gasteiger partial charge in [0.05, 0.1) is 0 Å². The van der Waals surface area contributed by atoms with E-state index >= 15 is 0 Å². The zero-order valence-corrected chi connectivity index (χ0v) is 7.14. The van der Waals surface area contributed by atoms with Gasteiger partial charge >= 0.3 is 5.97 Å². The van der Waals surface area contributed by atoms with Gasteiger partial charge in [0.15, 0.2) is 6.17 Å². The lowest BCUT2D eigenvalue weighted by Crippen LogP contribution is -2.40. The molecule has 1 aromatic rings. The molecule has 0 aliphatic heterocycles. The molecule has 13 heavy (non-hydrogen) atoms. The van der Waals surface area contributed by atoms with Crippen molar-refractivity contribution in [1.82, 2.24) is 0 Å². The van der Waals surface area contributed by atoms with E-state index in [9.17, 15) is 4.79 Å². The molecule has 4 N–H and O–H groups in total. The lowest BCUT2D eigenvalue weighted by molar-refractivity contribution is -0.146. The molecule has 0 aliphatic rings. The summed E-state index contributed by atoms with van der Waals surface area (Å²) in [6.45, 7) is 0.213. The first-order chi connectivity index (χ1) is 6.20. The van der Waals surface area contributed by atoms with Crippen LogP contribution in [0.3, 0.4) is 0 Å². The van der Waals surface area contributed by atoms with E-state index in [0.29, 0.717) is 0 Å². The minimum absolute atomic E-state index is 0.213. The molecule has 0 heterocycles. The van der Waals surface area contributed by atoms with Gasteiger partial charge in [0, 0.05) is 0 Å². The SMILES string of the molecule is NC(N)C(=O)OCc1ccccc1. The van der Waals surface area contributed by atoms with Crippen LogP contribution in [0.4, 0.5) is 0 Å². The second-order valence-electron chi connectivity index (χ2n) is 2.62. The zero-order valence-electron chi connectivity index (χ0n) is 7.14. The van der Waals surface area contributed by atoms with Crippen LogP contribution >= 0.6 is 0 Å². The third-order valence-corrected chi connectivity index (χ3v) is 1.50.